The first kappa shape index (κ1) is 16.0. The largest absolute Gasteiger partial charge is 0.356 e. The molecule has 1 atom stereocenters. The van der Waals surface area contributed by atoms with Crippen LogP contribution in [-0.2, 0) is 0 Å². The molecule has 0 aromatic rings. The fraction of sp³-hybridized carbons (Fsp3) is 0.917. The lowest BCUT2D eigenvalue weighted by molar-refractivity contribution is 0.0154. The van der Waals surface area contributed by atoms with E-state index in [1.807, 2.05) is 7.05 Å². The number of piperazine rings is 3. The van der Waals surface area contributed by atoms with Crippen LogP contribution in [0.25, 0.3) is 0 Å². The van der Waals surface area contributed by atoms with Crippen molar-refractivity contribution in [1.82, 2.24) is 20.4 Å². The third-order valence-corrected chi connectivity index (χ3v) is 3.66. The van der Waals surface area contributed by atoms with Crippen molar-refractivity contribution in [1.29, 1.82) is 0 Å². The van der Waals surface area contributed by atoms with Crippen LogP contribution in [0.5, 0.6) is 0 Å². The highest BCUT2D eigenvalue weighted by Gasteiger charge is 2.31. The molecule has 3 aliphatic rings. The van der Waals surface area contributed by atoms with Crippen LogP contribution in [0.3, 0.4) is 0 Å². The van der Waals surface area contributed by atoms with Gasteiger partial charge in [0.15, 0.2) is 5.96 Å². The molecule has 2 bridgehead atoms. The Kier molecular flexibility index (Phi) is 7.25. The van der Waals surface area contributed by atoms with Crippen LogP contribution in [0.4, 0.5) is 0 Å². The second kappa shape index (κ2) is 8.16. The molecule has 3 fully saturated rings. The van der Waals surface area contributed by atoms with E-state index in [9.17, 15) is 0 Å². The Morgan fingerprint density at radius 1 is 1.22 bits per heavy atom. The lowest BCUT2D eigenvalue weighted by Crippen LogP contribution is -2.63. The number of rotatable bonds is 4. The summed E-state index contributed by atoms with van der Waals surface area (Å²) in [5.41, 5.74) is 0. The van der Waals surface area contributed by atoms with Gasteiger partial charge in [0, 0.05) is 58.9 Å². The number of hydrogen-bond donors (Lipinski definition) is 2. The molecule has 0 saturated carbocycles. The first-order valence-corrected chi connectivity index (χ1v) is 6.74. The first-order valence-electron chi connectivity index (χ1n) is 6.74. The van der Waals surface area contributed by atoms with Gasteiger partial charge in [-0.05, 0) is 6.42 Å². The summed E-state index contributed by atoms with van der Waals surface area (Å²) in [7, 11) is 1.84. The summed E-state index contributed by atoms with van der Waals surface area (Å²) >= 11 is 0. The van der Waals surface area contributed by atoms with Gasteiger partial charge in [-0.1, -0.05) is 6.92 Å². The minimum atomic E-state index is 0. The van der Waals surface area contributed by atoms with Crippen molar-refractivity contribution in [3.63, 3.8) is 0 Å². The molecule has 6 heteroatoms. The van der Waals surface area contributed by atoms with Gasteiger partial charge in [-0.25, -0.2) is 0 Å². The number of fused-ring (bicyclic) bond motifs is 3. The molecule has 0 spiro atoms. The molecule has 1 unspecified atom stereocenters. The molecule has 0 aromatic carbocycles. The summed E-state index contributed by atoms with van der Waals surface area (Å²) in [4.78, 5) is 9.40. The van der Waals surface area contributed by atoms with Crippen LogP contribution in [0, 0.1) is 0 Å². The highest BCUT2D eigenvalue weighted by atomic mass is 127. The predicted octanol–water partition coefficient (Wildman–Crippen LogP) is 0.179. The number of guanidine groups is 1. The first-order chi connectivity index (χ1) is 8.33. The molecular weight excluding hydrogens is 341 g/mol. The molecule has 3 rings (SSSR count). The molecule has 3 heterocycles. The Morgan fingerprint density at radius 2 is 1.94 bits per heavy atom. The van der Waals surface area contributed by atoms with Gasteiger partial charge in [-0.15, -0.1) is 24.0 Å². The van der Waals surface area contributed by atoms with Crippen molar-refractivity contribution < 1.29 is 0 Å². The highest BCUT2D eigenvalue weighted by Crippen LogP contribution is 2.14. The van der Waals surface area contributed by atoms with Crippen LogP contribution < -0.4 is 10.6 Å². The molecule has 0 aromatic heterocycles. The number of nitrogens with one attached hydrogen (secondary N) is 2. The van der Waals surface area contributed by atoms with Crippen LogP contribution in [0.1, 0.15) is 13.3 Å². The number of hydrogen-bond acceptors (Lipinski definition) is 3. The van der Waals surface area contributed by atoms with Gasteiger partial charge in [0.2, 0.25) is 0 Å². The summed E-state index contributed by atoms with van der Waals surface area (Å²) in [5, 5.41) is 6.74. The zero-order valence-electron chi connectivity index (χ0n) is 11.5. The Morgan fingerprint density at radius 3 is 2.44 bits per heavy atom. The second-order valence-electron chi connectivity index (χ2n) is 4.87. The zero-order chi connectivity index (χ0) is 12.1. The molecule has 5 nitrogen and oxygen atoms in total. The average molecular weight is 367 g/mol. The highest BCUT2D eigenvalue weighted by molar-refractivity contribution is 14.0. The van der Waals surface area contributed by atoms with Gasteiger partial charge in [0.25, 0.3) is 0 Å². The van der Waals surface area contributed by atoms with E-state index < -0.39 is 0 Å². The normalized spacial score (nSPS) is 30.8. The van der Waals surface area contributed by atoms with Crippen LogP contribution in [0.2, 0.25) is 0 Å². The minimum absolute atomic E-state index is 0. The van der Waals surface area contributed by atoms with Crippen molar-refractivity contribution in [2.45, 2.75) is 19.4 Å². The molecule has 2 N–H and O–H groups in total. The number of halogens is 1. The van der Waals surface area contributed by atoms with E-state index in [0.29, 0.717) is 6.04 Å². The molecule has 18 heavy (non-hydrogen) atoms. The van der Waals surface area contributed by atoms with Gasteiger partial charge in [-0.2, -0.15) is 0 Å². The van der Waals surface area contributed by atoms with Gasteiger partial charge in [-0.3, -0.25) is 14.8 Å². The van der Waals surface area contributed by atoms with Crippen molar-refractivity contribution in [2.75, 3.05) is 52.9 Å². The van der Waals surface area contributed by atoms with Crippen LogP contribution in [-0.4, -0.2) is 74.7 Å². The number of nitrogens with zero attached hydrogens (tertiary/aromatic N) is 3. The van der Waals surface area contributed by atoms with Gasteiger partial charge in [0.1, 0.15) is 0 Å². The predicted molar refractivity (Wildman–Crippen MR) is 86.9 cm³/mol. The van der Waals surface area contributed by atoms with Gasteiger partial charge in [0.05, 0.1) is 0 Å². The molecule has 3 aliphatic heterocycles. The summed E-state index contributed by atoms with van der Waals surface area (Å²) < 4.78 is 0. The summed E-state index contributed by atoms with van der Waals surface area (Å²) in [6, 6.07) is 0.651. The maximum absolute atomic E-state index is 4.23. The van der Waals surface area contributed by atoms with Crippen LogP contribution in [0.15, 0.2) is 4.99 Å². The Balaban J connectivity index is 0.00000162. The Bertz CT molecular complexity index is 263. The number of aliphatic imine (C=N–C) groups is 1. The van der Waals surface area contributed by atoms with Crippen molar-refractivity contribution >= 4 is 29.9 Å². The van der Waals surface area contributed by atoms with Crippen molar-refractivity contribution in [3.8, 4) is 0 Å². The Hall–Kier alpha value is -0.0800. The van der Waals surface area contributed by atoms with E-state index in [1.54, 1.807) is 0 Å². The fourth-order valence-corrected chi connectivity index (χ4v) is 2.60. The zero-order valence-corrected chi connectivity index (χ0v) is 13.8. The topological polar surface area (TPSA) is 42.9 Å². The van der Waals surface area contributed by atoms with Crippen molar-refractivity contribution in [3.05, 3.63) is 0 Å². The molecule has 0 radical (unpaired) electrons. The van der Waals surface area contributed by atoms with Gasteiger partial charge >= 0.3 is 0 Å². The van der Waals surface area contributed by atoms with E-state index in [2.05, 4.69) is 32.3 Å². The smallest absolute Gasteiger partial charge is 0.191 e. The van der Waals surface area contributed by atoms with E-state index in [1.165, 1.54) is 32.7 Å². The molecule has 3 saturated heterocycles. The average Bonchev–Trinajstić information content (AvgIpc) is 2.40. The maximum atomic E-state index is 4.23. The Labute approximate surface area is 127 Å². The van der Waals surface area contributed by atoms with Gasteiger partial charge < -0.3 is 10.6 Å². The summed E-state index contributed by atoms with van der Waals surface area (Å²) in [6.07, 6.45) is 1.13. The monoisotopic (exact) mass is 367 g/mol. The maximum Gasteiger partial charge on any atom is 0.191 e. The molecule has 0 amide bonds. The quantitative estimate of drug-likeness (QED) is 0.423. The summed E-state index contributed by atoms with van der Waals surface area (Å²) in [6.45, 7) is 10.3. The third kappa shape index (κ3) is 4.24. The van der Waals surface area contributed by atoms with E-state index >= 15 is 0 Å². The van der Waals surface area contributed by atoms with E-state index in [-0.39, 0.29) is 24.0 Å². The lowest BCUT2D eigenvalue weighted by Gasteiger charge is -2.47. The molecule has 106 valence electrons. The molecule has 0 aliphatic carbocycles. The summed E-state index contributed by atoms with van der Waals surface area (Å²) in [5.74, 6) is 0.935. The minimum Gasteiger partial charge on any atom is -0.356 e. The van der Waals surface area contributed by atoms with Crippen LogP contribution >= 0.6 is 24.0 Å². The third-order valence-electron chi connectivity index (χ3n) is 3.66. The second-order valence-corrected chi connectivity index (χ2v) is 4.87. The lowest BCUT2D eigenvalue weighted by atomic mass is 10.1. The fourth-order valence-electron chi connectivity index (χ4n) is 2.60. The SMILES string of the molecule is CCCNC(=NC)NCC1CN2CCN1CC2.I. The van der Waals surface area contributed by atoms with E-state index in [0.717, 1.165) is 25.5 Å². The standard InChI is InChI=1S/C12H25N5.HI/c1-3-4-14-12(13-2)15-9-11-10-16-5-7-17(11)8-6-16;/h11H,3-10H2,1-2H3,(H2,13,14,15);1H. The molecular formula is C12H26IN5. The van der Waals surface area contributed by atoms with E-state index in [4.69, 9.17) is 0 Å². The van der Waals surface area contributed by atoms with Crippen molar-refractivity contribution in [2.24, 2.45) is 4.99 Å².